The molecule has 0 radical (unpaired) electrons. The van der Waals surface area contributed by atoms with Crippen LogP contribution in [-0.4, -0.2) is 5.78 Å². The molecule has 1 rings (SSSR count). The zero-order valence-corrected chi connectivity index (χ0v) is 6.85. The van der Waals surface area contributed by atoms with Crippen LogP contribution < -0.4 is 4.84 Å². The lowest BCUT2D eigenvalue weighted by atomic mass is 10.1. The number of ketones is 1. The van der Waals surface area contributed by atoms with E-state index in [2.05, 4.69) is 4.84 Å². The Labute approximate surface area is 70.3 Å². The molecule has 0 saturated heterocycles. The molecule has 0 atom stereocenters. The Hall–Kier alpha value is -1.02. The van der Waals surface area contributed by atoms with Crippen LogP contribution in [0.15, 0.2) is 24.3 Å². The third-order valence-corrected chi connectivity index (χ3v) is 1.62. The average molecular weight is 170 g/mol. The highest BCUT2D eigenvalue weighted by atomic mass is 35.5. The fraction of sp³-hybridized carbons (Fsp3) is 0.125. The molecule has 0 aliphatic rings. The van der Waals surface area contributed by atoms with Crippen LogP contribution in [-0.2, 0) is 0 Å². The van der Waals surface area contributed by atoms with Crippen LogP contribution in [0.2, 0.25) is 0 Å². The van der Waals surface area contributed by atoms with E-state index >= 15 is 0 Å². The van der Waals surface area contributed by atoms with E-state index in [1.54, 1.807) is 24.3 Å². The number of carbonyl (C=O) groups is 1. The van der Waals surface area contributed by atoms with Gasteiger partial charge in [-0.15, -0.1) is 0 Å². The summed E-state index contributed by atoms with van der Waals surface area (Å²) in [5, 5.41) is 0. The zero-order chi connectivity index (χ0) is 8.27. The molecule has 0 unspecified atom stereocenters. The lowest BCUT2D eigenvalue weighted by Crippen LogP contribution is -1.90. The van der Waals surface area contributed by atoms with Crippen LogP contribution in [0.1, 0.15) is 17.3 Å². The maximum absolute atomic E-state index is 10.8. The molecule has 0 saturated carbocycles. The van der Waals surface area contributed by atoms with E-state index < -0.39 is 0 Å². The van der Waals surface area contributed by atoms with Crippen molar-refractivity contribution in [1.82, 2.24) is 0 Å². The SMILES string of the molecule is CC(=O)c1ccc(NCl)cc1. The van der Waals surface area contributed by atoms with Crippen molar-refractivity contribution in [2.24, 2.45) is 0 Å². The van der Waals surface area contributed by atoms with Crippen molar-refractivity contribution in [2.75, 3.05) is 4.84 Å². The lowest BCUT2D eigenvalue weighted by Gasteiger charge is -1.97. The summed E-state index contributed by atoms with van der Waals surface area (Å²) in [4.78, 5) is 13.2. The fourth-order valence-electron chi connectivity index (χ4n) is 0.768. The second-order valence-electron chi connectivity index (χ2n) is 2.23. The van der Waals surface area contributed by atoms with Gasteiger partial charge in [0.1, 0.15) is 0 Å². The molecule has 0 aromatic heterocycles. The monoisotopic (exact) mass is 169 g/mol. The largest absolute Gasteiger partial charge is 0.299 e. The number of carbonyl (C=O) groups excluding carboxylic acids is 1. The van der Waals surface area contributed by atoms with Gasteiger partial charge >= 0.3 is 0 Å². The van der Waals surface area contributed by atoms with E-state index in [1.165, 1.54) is 6.92 Å². The number of anilines is 1. The fourth-order valence-corrected chi connectivity index (χ4v) is 0.894. The summed E-state index contributed by atoms with van der Waals surface area (Å²) in [5.41, 5.74) is 1.48. The molecule has 58 valence electrons. The predicted octanol–water partition coefficient (Wildman–Crippen LogP) is 2.45. The van der Waals surface area contributed by atoms with Gasteiger partial charge in [-0.2, -0.15) is 0 Å². The molecule has 3 heteroatoms. The molecule has 0 aliphatic carbocycles. The first-order valence-electron chi connectivity index (χ1n) is 3.21. The Bertz CT molecular complexity index is 255. The van der Waals surface area contributed by atoms with Crippen molar-refractivity contribution in [3.63, 3.8) is 0 Å². The molecule has 2 nitrogen and oxygen atoms in total. The zero-order valence-electron chi connectivity index (χ0n) is 6.10. The number of halogens is 1. The van der Waals surface area contributed by atoms with Crippen molar-refractivity contribution >= 4 is 23.2 Å². The average Bonchev–Trinajstić information content (AvgIpc) is 2.05. The third kappa shape index (κ3) is 1.95. The molecule has 0 amide bonds. The molecule has 0 spiro atoms. The molecule has 11 heavy (non-hydrogen) atoms. The van der Waals surface area contributed by atoms with Crippen molar-refractivity contribution < 1.29 is 4.79 Å². The van der Waals surface area contributed by atoms with Gasteiger partial charge in [0.2, 0.25) is 0 Å². The van der Waals surface area contributed by atoms with Gasteiger partial charge in [-0.1, -0.05) is 0 Å². The van der Waals surface area contributed by atoms with Gasteiger partial charge in [-0.05, 0) is 31.2 Å². The Kier molecular flexibility index (Phi) is 2.49. The van der Waals surface area contributed by atoms with Crippen LogP contribution in [0.4, 0.5) is 5.69 Å². The smallest absolute Gasteiger partial charge is 0.159 e. The molecule has 0 bridgehead atoms. The normalized spacial score (nSPS) is 9.27. The lowest BCUT2D eigenvalue weighted by molar-refractivity contribution is 0.101. The summed E-state index contributed by atoms with van der Waals surface area (Å²) < 4.78 is 0. The first-order valence-corrected chi connectivity index (χ1v) is 3.59. The van der Waals surface area contributed by atoms with Gasteiger partial charge in [-0.25, -0.2) is 0 Å². The van der Waals surface area contributed by atoms with Crippen molar-refractivity contribution in [2.45, 2.75) is 6.92 Å². The topological polar surface area (TPSA) is 29.1 Å². The maximum atomic E-state index is 10.8. The first kappa shape index (κ1) is 8.08. The van der Waals surface area contributed by atoms with Gasteiger partial charge in [-0.3, -0.25) is 9.63 Å². The molecule has 0 fully saturated rings. The van der Waals surface area contributed by atoms with E-state index in [1.807, 2.05) is 0 Å². The minimum Gasteiger partial charge on any atom is -0.299 e. The van der Waals surface area contributed by atoms with Crippen LogP contribution in [0.3, 0.4) is 0 Å². The summed E-state index contributed by atoms with van der Waals surface area (Å²) in [6.07, 6.45) is 0. The summed E-state index contributed by atoms with van der Waals surface area (Å²) in [6, 6.07) is 6.97. The molecule has 1 aromatic carbocycles. The van der Waals surface area contributed by atoms with Crippen molar-refractivity contribution in [3.05, 3.63) is 29.8 Å². The molecular weight excluding hydrogens is 162 g/mol. The number of Topliss-reactive ketones (excluding diaryl/α,β-unsaturated/α-hetero) is 1. The molecule has 0 aliphatic heterocycles. The Morgan fingerprint density at radius 1 is 1.36 bits per heavy atom. The van der Waals surface area contributed by atoms with Gasteiger partial charge in [0.15, 0.2) is 5.78 Å². The van der Waals surface area contributed by atoms with Gasteiger partial charge in [0, 0.05) is 23.0 Å². The van der Waals surface area contributed by atoms with Crippen molar-refractivity contribution in [1.29, 1.82) is 0 Å². The quantitative estimate of drug-likeness (QED) is 0.544. The number of hydrogen-bond acceptors (Lipinski definition) is 2. The van der Waals surface area contributed by atoms with E-state index in [-0.39, 0.29) is 5.78 Å². The minimum absolute atomic E-state index is 0.0612. The second kappa shape index (κ2) is 3.39. The summed E-state index contributed by atoms with van der Waals surface area (Å²) >= 11 is 5.32. The molecule has 1 aromatic rings. The van der Waals surface area contributed by atoms with Gasteiger partial charge in [0.05, 0.1) is 0 Å². The Morgan fingerprint density at radius 3 is 2.27 bits per heavy atom. The molecular formula is C8H8ClNO. The number of rotatable bonds is 2. The minimum atomic E-state index is 0.0612. The highest BCUT2D eigenvalue weighted by Gasteiger charge is 1.96. The Morgan fingerprint density at radius 2 is 1.91 bits per heavy atom. The van der Waals surface area contributed by atoms with Crippen LogP contribution in [0.25, 0.3) is 0 Å². The predicted molar refractivity (Wildman–Crippen MR) is 45.9 cm³/mol. The second-order valence-corrected chi connectivity index (χ2v) is 2.42. The van der Waals surface area contributed by atoms with E-state index in [9.17, 15) is 4.79 Å². The standard InChI is InChI=1S/C8H8ClNO/c1-6(11)7-2-4-8(10-9)5-3-7/h2-5,10H,1H3. The summed E-state index contributed by atoms with van der Waals surface area (Å²) in [6.45, 7) is 1.53. The van der Waals surface area contributed by atoms with E-state index in [0.717, 1.165) is 5.69 Å². The first-order chi connectivity index (χ1) is 5.24. The summed E-state index contributed by atoms with van der Waals surface area (Å²) in [7, 11) is 0. The highest BCUT2D eigenvalue weighted by Crippen LogP contribution is 2.10. The van der Waals surface area contributed by atoms with Crippen LogP contribution >= 0.6 is 11.8 Å². The molecule has 0 heterocycles. The van der Waals surface area contributed by atoms with Crippen molar-refractivity contribution in [3.8, 4) is 0 Å². The van der Waals surface area contributed by atoms with E-state index in [4.69, 9.17) is 11.8 Å². The maximum Gasteiger partial charge on any atom is 0.159 e. The Balaban J connectivity index is 2.91. The third-order valence-electron chi connectivity index (χ3n) is 1.40. The summed E-state index contributed by atoms with van der Waals surface area (Å²) in [5.74, 6) is 0.0612. The highest BCUT2D eigenvalue weighted by molar-refractivity contribution is 6.23. The van der Waals surface area contributed by atoms with Crippen LogP contribution in [0, 0.1) is 0 Å². The number of benzene rings is 1. The molecule has 1 N–H and O–H groups in total. The number of nitrogens with one attached hydrogen (secondary N) is 1. The van der Waals surface area contributed by atoms with Crippen LogP contribution in [0.5, 0.6) is 0 Å². The number of hydrogen-bond donors (Lipinski definition) is 1. The van der Waals surface area contributed by atoms with E-state index in [0.29, 0.717) is 5.56 Å². The van der Waals surface area contributed by atoms with Gasteiger partial charge < -0.3 is 0 Å². The van der Waals surface area contributed by atoms with Gasteiger partial charge in [0.25, 0.3) is 0 Å².